The van der Waals surface area contributed by atoms with Crippen LogP contribution in [0.1, 0.15) is 23.9 Å². The highest BCUT2D eigenvalue weighted by atomic mass is 15.3. The standard InChI is InChI=1S/C12H14N4/c1-4-5-6-10-9(3)14-11-7-8(2)15-16(11)12(10)13/h7H,6,13H2,1-3H3. The molecule has 0 aromatic carbocycles. The SMILES string of the molecule is CC#CCc1c(C)nc2cc(C)nn2c1N. The van der Waals surface area contributed by atoms with E-state index in [9.17, 15) is 0 Å². The Bertz CT molecular complexity index is 599. The molecule has 0 bridgehead atoms. The summed E-state index contributed by atoms with van der Waals surface area (Å²) in [6, 6.07) is 1.92. The van der Waals surface area contributed by atoms with E-state index in [1.807, 2.05) is 26.8 Å². The van der Waals surface area contributed by atoms with Crippen LogP contribution in [0.25, 0.3) is 5.65 Å². The molecular formula is C12H14N4. The zero-order valence-corrected chi connectivity index (χ0v) is 9.70. The first-order valence-electron chi connectivity index (χ1n) is 5.14. The van der Waals surface area contributed by atoms with Gasteiger partial charge in [-0.2, -0.15) is 9.61 Å². The minimum atomic E-state index is 0.621. The monoisotopic (exact) mass is 214 g/mol. The molecule has 0 unspecified atom stereocenters. The number of anilines is 1. The highest BCUT2D eigenvalue weighted by Crippen LogP contribution is 2.18. The van der Waals surface area contributed by atoms with Crippen LogP contribution in [-0.4, -0.2) is 14.6 Å². The van der Waals surface area contributed by atoms with Gasteiger partial charge in [0.25, 0.3) is 0 Å². The van der Waals surface area contributed by atoms with Crippen molar-refractivity contribution in [2.45, 2.75) is 27.2 Å². The molecular weight excluding hydrogens is 200 g/mol. The Balaban J connectivity index is 2.67. The summed E-state index contributed by atoms with van der Waals surface area (Å²) in [6.45, 7) is 5.69. The Morgan fingerprint density at radius 1 is 1.44 bits per heavy atom. The highest BCUT2D eigenvalue weighted by molar-refractivity contribution is 5.54. The predicted octanol–water partition coefficient (Wildman–Crippen LogP) is 1.49. The quantitative estimate of drug-likeness (QED) is 0.732. The van der Waals surface area contributed by atoms with Crippen LogP contribution in [0, 0.1) is 25.7 Å². The molecule has 0 atom stereocenters. The third kappa shape index (κ3) is 1.61. The molecule has 0 radical (unpaired) electrons. The molecule has 0 aliphatic rings. The zero-order chi connectivity index (χ0) is 11.7. The van der Waals surface area contributed by atoms with Gasteiger partial charge in [-0.1, -0.05) is 5.92 Å². The minimum absolute atomic E-state index is 0.621. The van der Waals surface area contributed by atoms with Crippen LogP contribution in [0.4, 0.5) is 5.82 Å². The first-order chi connectivity index (χ1) is 7.63. The Kier molecular flexibility index (Phi) is 2.53. The van der Waals surface area contributed by atoms with E-state index < -0.39 is 0 Å². The van der Waals surface area contributed by atoms with Crippen molar-refractivity contribution >= 4 is 11.5 Å². The van der Waals surface area contributed by atoms with Gasteiger partial charge in [0, 0.05) is 23.7 Å². The van der Waals surface area contributed by atoms with Gasteiger partial charge in [0.05, 0.1) is 5.69 Å². The van der Waals surface area contributed by atoms with Gasteiger partial charge in [0.2, 0.25) is 0 Å². The van der Waals surface area contributed by atoms with E-state index >= 15 is 0 Å². The lowest BCUT2D eigenvalue weighted by Crippen LogP contribution is -2.07. The first kappa shape index (κ1) is 10.5. The Labute approximate surface area is 94.5 Å². The second-order valence-electron chi connectivity index (χ2n) is 3.72. The van der Waals surface area contributed by atoms with Crippen molar-refractivity contribution < 1.29 is 0 Å². The number of rotatable bonds is 1. The molecule has 2 rings (SSSR count). The van der Waals surface area contributed by atoms with Gasteiger partial charge < -0.3 is 5.73 Å². The molecule has 2 heterocycles. The molecule has 2 N–H and O–H groups in total. The van der Waals surface area contributed by atoms with E-state index in [-0.39, 0.29) is 0 Å². The lowest BCUT2D eigenvalue weighted by molar-refractivity contribution is 0.904. The predicted molar refractivity (Wildman–Crippen MR) is 64.0 cm³/mol. The zero-order valence-electron chi connectivity index (χ0n) is 9.70. The van der Waals surface area contributed by atoms with Crippen LogP contribution in [0.5, 0.6) is 0 Å². The number of hydrogen-bond acceptors (Lipinski definition) is 3. The van der Waals surface area contributed by atoms with Crippen LogP contribution in [-0.2, 0) is 6.42 Å². The van der Waals surface area contributed by atoms with Crippen LogP contribution in [0.15, 0.2) is 6.07 Å². The summed E-state index contributed by atoms with van der Waals surface area (Å²) in [4.78, 5) is 4.46. The number of nitrogen functional groups attached to an aromatic ring is 1. The summed E-state index contributed by atoms with van der Waals surface area (Å²) >= 11 is 0. The molecule has 0 aliphatic carbocycles. The third-order valence-corrected chi connectivity index (χ3v) is 2.51. The second kappa shape index (κ2) is 3.86. The van der Waals surface area contributed by atoms with Crippen molar-refractivity contribution in [3.8, 4) is 11.8 Å². The molecule has 0 amide bonds. The molecule has 82 valence electrons. The second-order valence-corrected chi connectivity index (χ2v) is 3.72. The summed E-state index contributed by atoms with van der Waals surface area (Å²) in [5.74, 6) is 6.50. The molecule has 2 aromatic heterocycles. The third-order valence-electron chi connectivity index (χ3n) is 2.51. The van der Waals surface area contributed by atoms with Crippen LogP contribution in [0.3, 0.4) is 0 Å². The van der Waals surface area contributed by atoms with Crippen molar-refractivity contribution in [3.63, 3.8) is 0 Å². The maximum atomic E-state index is 6.07. The molecule has 0 saturated carbocycles. The van der Waals surface area contributed by atoms with Crippen molar-refractivity contribution in [1.29, 1.82) is 0 Å². The lowest BCUT2D eigenvalue weighted by atomic mass is 10.1. The number of aromatic nitrogens is 3. The molecule has 0 fully saturated rings. The number of nitrogens with zero attached hydrogens (tertiary/aromatic N) is 3. The van der Waals surface area contributed by atoms with Gasteiger partial charge in [-0.15, -0.1) is 5.92 Å². The summed E-state index contributed by atoms with van der Waals surface area (Å²) in [5.41, 5.74) is 9.66. The van der Waals surface area contributed by atoms with Crippen molar-refractivity contribution in [2.24, 2.45) is 0 Å². The summed E-state index contributed by atoms with van der Waals surface area (Å²) in [7, 11) is 0. The average molecular weight is 214 g/mol. The Hall–Kier alpha value is -2.02. The molecule has 16 heavy (non-hydrogen) atoms. The van der Waals surface area contributed by atoms with Gasteiger partial charge in [-0.25, -0.2) is 4.98 Å². The van der Waals surface area contributed by atoms with Gasteiger partial charge >= 0.3 is 0 Å². The lowest BCUT2D eigenvalue weighted by Gasteiger charge is -2.07. The van der Waals surface area contributed by atoms with Gasteiger partial charge in [-0.05, 0) is 20.8 Å². The summed E-state index contributed by atoms with van der Waals surface area (Å²) in [5, 5.41) is 4.30. The van der Waals surface area contributed by atoms with Crippen molar-refractivity contribution in [2.75, 3.05) is 5.73 Å². The fraction of sp³-hybridized carbons (Fsp3) is 0.333. The smallest absolute Gasteiger partial charge is 0.157 e. The number of aryl methyl sites for hydroxylation is 2. The maximum absolute atomic E-state index is 6.07. The van der Waals surface area contributed by atoms with Crippen molar-refractivity contribution in [1.82, 2.24) is 14.6 Å². The van der Waals surface area contributed by atoms with E-state index in [0.717, 1.165) is 22.6 Å². The average Bonchev–Trinajstić information content (AvgIpc) is 2.59. The fourth-order valence-corrected chi connectivity index (χ4v) is 1.69. The number of hydrogen-bond donors (Lipinski definition) is 1. The van der Waals surface area contributed by atoms with Crippen LogP contribution >= 0.6 is 0 Å². The number of nitrogens with two attached hydrogens (primary N) is 1. The van der Waals surface area contributed by atoms with Crippen LogP contribution < -0.4 is 5.73 Å². The Morgan fingerprint density at radius 2 is 2.19 bits per heavy atom. The van der Waals surface area contributed by atoms with E-state index in [4.69, 9.17) is 5.73 Å². The van der Waals surface area contributed by atoms with Crippen LogP contribution in [0.2, 0.25) is 0 Å². The molecule has 0 aliphatic heterocycles. The largest absolute Gasteiger partial charge is 0.383 e. The summed E-state index contributed by atoms with van der Waals surface area (Å²) < 4.78 is 1.68. The van der Waals surface area contributed by atoms with Crippen molar-refractivity contribution in [3.05, 3.63) is 23.0 Å². The van der Waals surface area contributed by atoms with E-state index in [1.54, 1.807) is 4.52 Å². The maximum Gasteiger partial charge on any atom is 0.157 e. The van der Waals surface area contributed by atoms with E-state index in [1.165, 1.54) is 0 Å². The van der Waals surface area contributed by atoms with Gasteiger partial charge in [0.1, 0.15) is 5.82 Å². The first-order valence-corrected chi connectivity index (χ1v) is 5.14. The van der Waals surface area contributed by atoms with Gasteiger partial charge in [-0.3, -0.25) is 0 Å². The van der Waals surface area contributed by atoms with E-state index in [0.29, 0.717) is 12.2 Å². The minimum Gasteiger partial charge on any atom is -0.383 e. The fourth-order valence-electron chi connectivity index (χ4n) is 1.69. The highest BCUT2D eigenvalue weighted by Gasteiger charge is 2.10. The topological polar surface area (TPSA) is 56.2 Å². The number of fused-ring (bicyclic) bond motifs is 1. The summed E-state index contributed by atoms with van der Waals surface area (Å²) in [6.07, 6.45) is 0.621. The molecule has 0 saturated heterocycles. The molecule has 4 heteroatoms. The molecule has 0 spiro atoms. The molecule has 4 nitrogen and oxygen atoms in total. The normalized spacial score (nSPS) is 10.2. The van der Waals surface area contributed by atoms with E-state index in [2.05, 4.69) is 21.9 Å². The molecule has 2 aromatic rings. The van der Waals surface area contributed by atoms with Gasteiger partial charge in [0.15, 0.2) is 5.65 Å². The Morgan fingerprint density at radius 3 is 2.88 bits per heavy atom.